The van der Waals surface area contributed by atoms with Crippen molar-refractivity contribution in [2.75, 3.05) is 0 Å². The smallest absolute Gasteiger partial charge is 0.141 e. The van der Waals surface area contributed by atoms with Crippen LogP contribution in [-0.2, 0) is 9.47 Å². The van der Waals surface area contributed by atoms with Gasteiger partial charge in [-0.25, -0.2) is 0 Å². The van der Waals surface area contributed by atoms with Gasteiger partial charge in [0.25, 0.3) is 0 Å². The van der Waals surface area contributed by atoms with E-state index < -0.39 is 0 Å². The van der Waals surface area contributed by atoms with Crippen LogP contribution >= 0.6 is 0 Å². The van der Waals surface area contributed by atoms with Crippen LogP contribution in [0, 0.1) is 0 Å². The van der Waals surface area contributed by atoms with E-state index >= 15 is 0 Å². The van der Waals surface area contributed by atoms with Crippen molar-refractivity contribution in [3.8, 4) is 0 Å². The fourth-order valence-corrected chi connectivity index (χ4v) is 0.850. The van der Waals surface area contributed by atoms with Gasteiger partial charge < -0.3 is 9.47 Å². The topological polar surface area (TPSA) is 18.5 Å². The van der Waals surface area contributed by atoms with Gasteiger partial charge in [0.15, 0.2) is 0 Å². The van der Waals surface area contributed by atoms with Crippen LogP contribution < -0.4 is 0 Å². The first-order valence-corrected chi connectivity index (χ1v) is 3.52. The molecule has 0 amide bonds. The van der Waals surface area contributed by atoms with E-state index in [0.29, 0.717) is 0 Å². The fourth-order valence-electron chi connectivity index (χ4n) is 0.850. The van der Waals surface area contributed by atoms with Crippen molar-refractivity contribution >= 4 is 0 Å². The third kappa shape index (κ3) is 1.53. The first-order chi connectivity index (χ1) is 4.84. The third-order valence-corrected chi connectivity index (χ3v) is 1.38. The Morgan fingerprint density at radius 1 is 1.30 bits per heavy atom. The first-order valence-electron chi connectivity index (χ1n) is 3.52. The number of hydrogen-bond acceptors (Lipinski definition) is 2. The SMILES string of the molecule is CCCC1=C(C)OC=CO1. The number of ether oxygens (including phenoxy) is 2. The summed E-state index contributed by atoms with van der Waals surface area (Å²) in [5, 5.41) is 0. The predicted molar refractivity (Wildman–Crippen MR) is 38.9 cm³/mol. The van der Waals surface area contributed by atoms with Crippen molar-refractivity contribution < 1.29 is 9.47 Å². The standard InChI is InChI=1S/C8H12O2/c1-3-4-8-7(2)9-5-6-10-8/h5-6H,3-4H2,1-2H3. The van der Waals surface area contributed by atoms with Gasteiger partial charge in [-0.05, 0) is 13.3 Å². The van der Waals surface area contributed by atoms with Crippen molar-refractivity contribution in [1.82, 2.24) is 0 Å². The van der Waals surface area contributed by atoms with Crippen molar-refractivity contribution in [1.29, 1.82) is 0 Å². The molecular weight excluding hydrogens is 128 g/mol. The average molecular weight is 140 g/mol. The summed E-state index contributed by atoms with van der Waals surface area (Å²) < 4.78 is 10.3. The molecule has 0 unspecified atom stereocenters. The Bertz CT molecular complexity index is 168. The summed E-state index contributed by atoms with van der Waals surface area (Å²) in [6, 6.07) is 0. The molecule has 0 radical (unpaired) electrons. The van der Waals surface area contributed by atoms with Crippen molar-refractivity contribution in [3.05, 3.63) is 24.0 Å². The molecule has 0 aromatic carbocycles. The monoisotopic (exact) mass is 140 g/mol. The highest BCUT2D eigenvalue weighted by atomic mass is 16.5. The molecule has 0 saturated carbocycles. The van der Waals surface area contributed by atoms with Gasteiger partial charge >= 0.3 is 0 Å². The Morgan fingerprint density at radius 3 is 2.60 bits per heavy atom. The highest BCUT2D eigenvalue weighted by Crippen LogP contribution is 2.17. The van der Waals surface area contributed by atoms with E-state index in [0.717, 1.165) is 24.4 Å². The molecule has 0 aromatic heterocycles. The van der Waals surface area contributed by atoms with Crippen molar-refractivity contribution in [3.63, 3.8) is 0 Å². The molecule has 0 N–H and O–H groups in total. The second-order valence-electron chi connectivity index (χ2n) is 2.24. The largest absolute Gasteiger partial charge is 0.463 e. The van der Waals surface area contributed by atoms with Crippen molar-refractivity contribution in [2.45, 2.75) is 26.7 Å². The second kappa shape index (κ2) is 3.30. The van der Waals surface area contributed by atoms with Gasteiger partial charge in [-0.3, -0.25) is 0 Å². The Balaban J connectivity index is 2.53. The maximum atomic E-state index is 5.20. The average Bonchev–Trinajstić information content (AvgIpc) is 1.94. The molecule has 1 aliphatic heterocycles. The Hall–Kier alpha value is -0.920. The van der Waals surface area contributed by atoms with Crippen LogP contribution in [-0.4, -0.2) is 0 Å². The Morgan fingerprint density at radius 2 is 2.00 bits per heavy atom. The molecule has 0 bridgehead atoms. The lowest BCUT2D eigenvalue weighted by Gasteiger charge is -2.12. The van der Waals surface area contributed by atoms with E-state index in [2.05, 4.69) is 6.92 Å². The van der Waals surface area contributed by atoms with Gasteiger partial charge in [-0.15, -0.1) is 0 Å². The molecule has 1 aliphatic rings. The highest BCUT2D eigenvalue weighted by Gasteiger charge is 2.05. The minimum atomic E-state index is 0.879. The van der Waals surface area contributed by atoms with Crippen LogP contribution in [0.5, 0.6) is 0 Å². The highest BCUT2D eigenvalue weighted by molar-refractivity contribution is 5.04. The lowest BCUT2D eigenvalue weighted by atomic mass is 10.2. The summed E-state index contributed by atoms with van der Waals surface area (Å²) >= 11 is 0. The Kier molecular flexibility index (Phi) is 2.37. The van der Waals surface area contributed by atoms with Gasteiger partial charge in [0.05, 0.1) is 0 Å². The molecule has 2 heteroatoms. The summed E-state index contributed by atoms with van der Waals surface area (Å²) in [6.45, 7) is 4.02. The van der Waals surface area contributed by atoms with E-state index in [9.17, 15) is 0 Å². The molecule has 0 aromatic rings. The molecule has 10 heavy (non-hydrogen) atoms. The molecule has 1 rings (SSSR count). The van der Waals surface area contributed by atoms with Gasteiger partial charge in [0.1, 0.15) is 24.0 Å². The fraction of sp³-hybridized carbons (Fsp3) is 0.500. The molecule has 1 heterocycles. The zero-order valence-electron chi connectivity index (χ0n) is 6.39. The van der Waals surface area contributed by atoms with Gasteiger partial charge in [0.2, 0.25) is 0 Å². The molecule has 56 valence electrons. The molecule has 0 fully saturated rings. The molecule has 0 aliphatic carbocycles. The van der Waals surface area contributed by atoms with Crippen LogP contribution in [0.2, 0.25) is 0 Å². The lowest BCUT2D eigenvalue weighted by molar-refractivity contribution is 0.219. The second-order valence-corrected chi connectivity index (χ2v) is 2.24. The lowest BCUT2D eigenvalue weighted by Crippen LogP contribution is -1.97. The van der Waals surface area contributed by atoms with Gasteiger partial charge in [0, 0.05) is 6.42 Å². The van der Waals surface area contributed by atoms with Crippen LogP contribution in [0.25, 0.3) is 0 Å². The maximum absolute atomic E-state index is 5.20. The van der Waals surface area contributed by atoms with E-state index in [1.54, 1.807) is 12.5 Å². The predicted octanol–water partition coefficient (Wildman–Crippen LogP) is 2.54. The van der Waals surface area contributed by atoms with E-state index in [1.807, 2.05) is 6.92 Å². The minimum absolute atomic E-state index is 0.879. The quantitative estimate of drug-likeness (QED) is 0.586. The number of rotatable bonds is 2. The molecular formula is C8H12O2. The molecule has 0 spiro atoms. The maximum Gasteiger partial charge on any atom is 0.141 e. The summed E-state index contributed by atoms with van der Waals surface area (Å²) in [5.41, 5.74) is 0. The minimum Gasteiger partial charge on any atom is -0.463 e. The molecule has 2 nitrogen and oxygen atoms in total. The number of allylic oxidation sites excluding steroid dienone is 2. The van der Waals surface area contributed by atoms with Gasteiger partial charge in [-0.2, -0.15) is 0 Å². The molecule has 0 saturated heterocycles. The van der Waals surface area contributed by atoms with Crippen molar-refractivity contribution in [2.24, 2.45) is 0 Å². The van der Waals surface area contributed by atoms with Gasteiger partial charge in [-0.1, -0.05) is 6.92 Å². The zero-order chi connectivity index (χ0) is 7.40. The summed E-state index contributed by atoms with van der Waals surface area (Å²) in [5.74, 6) is 1.83. The summed E-state index contributed by atoms with van der Waals surface area (Å²) in [7, 11) is 0. The first kappa shape index (κ1) is 7.19. The summed E-state index contributed by atoms with van der Waals surface area (Å²) in [6.07, 6.45) is 5.16. The zero-order valence-corrected chi connectivity index (χ0v) is 6.39. The Labute approximate surface area is 61.1 Å². The van der Waals surface area contributed by atoms with Crippen LogP contribution in [0.1, 0.15) is 26.7 Å². The van der Waals surface area contributed by atoms with E-state index in [4.69, 9.17) is 9.47 Å². The van der Waals surface area contributed by atoms with Crippen LogP contribution in [0.15, 0.2) is 24.0 Å². The van der Waals surface area contributed by atoms with E-state index in [1.165, 1.54) is 0 Å². The van der Waals surface area contributed by atoms with Crippen LogP contribution in [0.4, 0.5) is 0 Å². The normalized spacial score (nSPS) is 16.6. The third-order valence-electron chi connectivity index (χ3n) is 1.38. The molecule has 0 atom stereocenters. The number of hydrogen-bond donors (Lipinski definition) is 0. The summed E-state index contributed by atoms with van der Waals surface area (Å²) in [4.78, 5) is 0. The van der Waals surface area contributed by atoms with E-state index in [-0.39, 0.29) is 0 Å². The van der Waals surface area contributed by atoms with Crippen LogP contribution in [0.3, 0.4) is 0 Å².